The highest BCUT2D eigenvalue weighted by Crippen LogP contribution is 2.22. The Morgan fingerprint density at radius 1 is 1.20 bits per heavy atom. The van der Waals surface area contributed by atoms with E-state index in [2.05, 4.69) is 39.4 Å². The third-order valence-electron chi connectivity index (χ3n) is 3.02. The molecule has 2 aromatic rings. The van der Waals surface area contributed by atoms with Crippen LogP contribution in [0, 0.1) is 11.5 Å². The zero-order valence-corrected chi connectivity index (χ0v) is 11.5. The molecule has 0 saturated heterocycles. The molecule has 0 aliphatic heterocycles. The van der Waals surface area contributed by atoms with Crippen LogP contribution in [0.4, 0.5) is 11.6 Å². The molecular weight excluding hydrogens is 252 g/mol. The number of pyridine rings is 1. The predicted molar refractivity (Wildman–Crippen MR) is 77.0 cm³/mol. The Bertz CT molecular complexity index is 603. The van der Waals surface area contributed by atoms with Crippen LogP contribution in [0.2, 0.25) is 0 Å². The zero-order valence-electron chi connectivity index (χ0n) is 11.5. The van der Waals surface area contributed by atoms with Gasteiger partial charge in [-0.05, 0) is 17.7 Å². The molecule has 0 aromatic carbocycles. The molecule has 0 saturated carbocycles. The summed E-state index contributed by atoms with van der Waals surface area (Å²) < 4.78 is 0. The number of nitriles is 1. The van der Waals surface area contributed by atoms with Crippen LogP contribution in [-0.4, -0.2) is 21.5 Å². The summed E-state index contributed by atoms with van der Waals surface area (Å²) >= 11 is 0. The van der Waals surface area contributed by atoms with Crippen LogP contribution in [0.1, 0.15) is 19.4 Å². The second-order valence-electron chi connectivity index (χ2n) is 5.00. The van der Waals surface area contributed by atoms with Crippen molar-refractivity contribution < 1.29 is 0 Å². The maximum absolute atomic E-state index is 8.57. The standard InChI is InChI=1S/C14H16N6/c1-14(2,11-3-5-16-6-4-11)8-17-12-7-13(18-9-15)20-10-19-12/h3-7,10H,8H2,1-2H3,(H2,17,18,19,20). The number of nitrogens with zero attached hydrogens (tertiary/aromatic N) is 4. The van der Waals surface area contributed by atoms with Crippen LogP contribution in [0.25, 0.3) is 0 Å². The van der Waals surface area contributed by atoms with E-state index in [-0.39, 0.29) is 5.41 Å². The van der Waals surface area contributed by atoms with E-state index in [0.29, 0.717) is 18.2 Å². The van der Waals surface area contributed by atoms with Crippen molar-refractivity contribution in [1.82, 2.24) is 15.0 Å². The third-order valence-corrected chi connectivity index (χ3v) is 3.02. The molecule has 6 nitrogen and oxygen atoms in total. The Hall–Kier alpha value is -2.68. The van der Waals surface area contributed by atoms with Crippen LogP contribution in [0.3, 0.4) is 0 Å². The van der Waals surface area contributed by atoms with E-state index in [4.69, 9.17) is 5.26 Å². The summed E-state index contributed by atoms with van der Waals surface area (Å²) in [6.07, 6.45) is 6.83. The lowest BCUT2D eigenvalue weighted by Crippen LogP contribution is -2.28. The summed E-state index contributed by atoms with van der Waals surface area (Å²) in [5, 5.41) is 14.3. The molecule has 0 atom stereocenters. The van der Waals surface area contributed by atoms with E-state index >= 15 is 0 Å². The van der Waals surface area contributed by atoms with Gasteiger partial charge in [-0.3, -0.25) is 10.3 Å². The molecule has 0 radical (unpaired) electrons. The maximum Gasteiger partial charge on any atom is 0.182 e. The van der Waals surface area contributed by atoms with Gasteiger partial charge in [-0.15, -0.1) is 0 Å². The van der Waals surface area contributed by atoms with Crippen molar-refractivity contribution >= 4 is 11.6 Å². The highest BCUT2D eigenvalue weighted by atomic mass is 15.1. The van der Waals surface area contributed by atoms with E-state index in [1.54, 1.807) is 18.5 Å². The molecule has 6 heteroatoms. The molecule has 0 bridgehead atoms. The molecule has 20 heavy (non-hydrogen) atoms. The summed E-state index contributed by atoms with van der Waals surface area (Å²) in [5.74, 6) is 1.16. The van der Waals surface area contributed by atoms with Crippen LogP contribution < -0.4 is 10.6 Å². The van der Waals surface area contributed by atoms with Gasteiger partial charge in [0.05, 0.1) is 0 Å². The van der Waals surface area contributed by atoms with Gasteiger partial charge in [0.25, 0.3) is 0 Å². The van der Waals surface area contributed by atoms with Crippen molar-refractivity contribution in [2.45, 2.75) is 19.3 Å². The molecule has 2 aromatic heterocycles. The molecule has 2 rings (SSSR count). The number of nitrogens with one attached hydrogen (secondary N) is 2. The number of hydrogen-bond acceptors (Lipinski definition) is 6. The van der Waals surface area contributed by atoms with E-state index in [0.717, 1.165) is 0 Å². The Kier molecular flexibility index (Phi) is 4.11. The van der Waals surface area contributed by atoms with Crippen LogP contribution in [0.15, 0.2) is 36.9 Å². The predicted octanol–water partition coefficient (Wildman–Crippen LogP) is 2.15. The molecule has 102 valence electrons. The fourth-order valence-corrected chi connectivity index (χ4v) is 1.80. The Morgan fingerprint density at radius 2 is 1.90 bits per heavy atom. The summed E-state index contributed by atoms with van der Waals surface area (Å²) in [6, 6.07) is 5.71. The summed E-state index contributed by atoms with van der Waals surface area (Å²) in [5.41, 5.74) is 1.14. The van der Waals surface area contributed by atoms with Crippen molar-refractivity contribution in [3.8, 4) is 6.19 Å². The number of rotatable bonds is 5. The molecule has 0 unspecified atom stereocenters. The summed E-state index contributed by atoms with van der Waals surface area (Å²) in [4.78, 5) is 12.1. The monoisotopic (exact) mass is 268 g/mol. The van der Waals surface area contributed by atoms with Gasteiger partial charge in [0.2, 0.25) is 0 Å². The first-order valence-corrected chi connectivity index (χ1v) is 6.23. The maximum atomic E-state index is 8.57. The number of anilines is 2. The second-order valence-corrected chi connectivity index (χ2v) is 5.00. The molecule has 0 amide bonds. The van der Waals surface area contributed by atoms with Crippen molar-refractivity contribution in [3.05, 3.63) is 42.5 Å². The average Bonchev–Trinajstić information content (AvgIpc) is 2.47. The number of hydrogen-bond donors (Lipinski definition) is 2. The average molecular weight is 268 g/mol. The van der Waals surface area contributed by atoms with Crippen molar-refractivity contribution in [2.24, 2.45) is 0 Å². The van der Waals surface area contributed by atoms with E-state index in [9.17, 15) is 0 Å². The molecule has 0 spiro atoms. The molecule has 0 aliphatic rings. The Morgan fingerprint density at radius 3 is 2.60 bits per heavy atom. The first-order valence-electron chi connectivity index (χ1n) is 6.23. The topological polar surface area (TPSA) is 86.5 Å². The van der Waals surface area contributed by atoms with Crippen LogP contribution >= 0.6 is 0 Å². The molecule has 2 N–H and O–H groups in total. The van der Waals surface area contributed by atoms with Crippen LogP contribution in [0.5, 0.6) is 0 Å². The van der Waals surface area contributed by atoms with Gasteiger partial charge < -0.3 is 5.32 Å². The zero-order chi connectivity index (χ0) is 14.4. The SMILES string of the molecule is CC(C)(CNc1cc(NC#N)ncn1)c1ccncc1. The summed E-state index contributed by atoms with van der Waals surface area (Å²) in [6.45, 7) is 5.00. The van der Waals surface area contributed by atoms with E-state index in [1.807, 2.05) is 18.3 Å². The summed E-state index contributed by atoms with van der Waals surface area (Å²) in [7, 11) is 0. The highest BCUT2D eigenvalue weighted by Gasteiger charge is 2.20. The minimum atomic E-state index is -0.0588. The Balaban J connectivity index is 2.05. The fourth-order valence-electron chi connectivity index (χ4n) is 1.80. The largest absolute Gasteiger partial charge is 0.369 e. The minimum absolute atomic E-state index is 0.0588. The smallest absolute Gasteiger partial charge is 0.182 e. The molecule has 0 fully saturated rings. The first kappa shape index (κ1) is 13.7. The molecular formula is C14H16N6. The normalized spacial score (nSPS) is 10.7. The van der Waals surface area contributed by atoms with Crippen molar-refractivity contribution in [1.29, 1.82) is 5.26 Å². The number of aromatic nitrogens is 3. The molecule has 2 heterocycles. The lowest BCUT2D eigenvalue weighted by atomic mass is 9.85. The quantitative estimate of drug-likeness (QED) is 0.638. The van der Waals surface area contributed by atoms with Crippen molar-refractivity contribution in [2.75, 3.05) is 17.2 Å². The Labute approximate surface area is 117 Å². The highest BCUT2D eigenvalue weighted by molar-refractivity contribution is 5.48. The van der Waals surface area contributed by atoms with E-state index < -0.39 is 0 Å². The third kappa shape index (κ3) is 3.42. The van der Waals surface area contributed by atoms with Gasteiger partial charge in [0, 0.05) is 30.4 Å². The van der Waals surface area contributed by atoms with Gasteiger partial charge in [-0.25, -0.2) is 9.97 Å². The lowest BCUT2D eigenvalue weighted by molar-refractivity contribution is 0.555. The van der Waals surface area contributed by atoms with Crippen molar-refractivity contribution in [3.63, 3.8) is 0 Å². The second kappa shape index (κ2) is 5.97. The fraction of sp³-hybridized carbons (Fsp3) is 0.286. The van der Waals surface area contributed by atoms with Gasteiger partial charge in [-0.2, -0.15) is 5.26 Å². The molecule has 0 aliphatic carbocycles. The van der Waals surface area contributed by atoms with Gasteiger partial charge in [0.1, 0.15) is 18.0 Å². The first-order chi connectivity index (χ1) is 9.62. The van der Waals surface area contributed by atoms with Gasteiger partial charge in [-0.1, -0.05) is 13.8 Å². The van der Waals surface area contributed by atoms with Gasteiger partial charge in [0.15, 0.2) is 6.19 Å². The lowest BCUT2D eigenvalue weighted by Gasteiger charge is -2.25. The van der Waals surface area contributed by atoms with Gasteiger partial charge >= 0.3 is 0 Å². The van der Waals surface area contributed by atoms with E-state index in [1.165, 1.54) is 11.9 Å². The minimum Gasteiger partial charge on any atom is -0.369 e. The van der Waals surface area contributed by atoms with Crippen LogP contribution in [-0.2, 0) is 5.41 Å².